The van der Waals surface area contributed by atoms with E-state index in [9.17, 15) is 9.59 Å². The summed E-state index contributed by atoms with van der Waals surface area (Å²) in [5.41, 5.74) is 2.89. The Labute approximate surface area is 152 Å². The Balaban J connectivity index is 1.87. The number of nitrogens with one attached hydrogen (secondary N) is 3. The maximum atomic E-state index is 12.1. The summed E-state index contributed by atoms with van der Waals surface area (Å²) in [5, 5.41) is 9.29. The lowest BCUT2D eigenvalue weighted by Crippen LogP contribution is -2.24. The molecule has 132 valence electrons. The average molecular weight is 360 g/mol. The van der Waals surface area contributed by atoms with Gasteiger partial charge in [0.25, 0.3) is 5.91 Å². The van der Waals surface area contributed by atoms with Crippen molar-refractivity contribution in [1.29, 1.82) is 0 Å². The smallest absolute Gasteiger partial charge is 0.251 e. The van der Waals surface area contributed by atoms with Crippen molar-refractivity contribution in [1.82, 2.24) is 5.32 Å². The van der Waals surface area contributed by atoms with Crippen molar-refractivity contribution in [3.63, 3.8) is 0 Å². The molecule has 3 N–H and O–H groups in total. The summed E-state index contributed by atoms with van der Waals surface area (Å²) in [6, 6.07) is 12.4. The lowest BCUT2D eigenvalue weighted by molar-refractivity contribution is -0.114. The normalized spacial score (nSPS) is 10.2. The molecule has 5 nitrogen and oxygen atoms in total. The van der Waals surface area contributed by atoms with Gasteiger partial charge in [-0.05, 0) is 55.3 Å². The van der Waals surface area contributed by atoms with Crippen LogP contribution in [0.3, 0.4) is 0 Å². The number of rotatable bonds is 7. The van der Waals surface area contributed by atoms with Crippen LogP contribution in [0.25, 0.3) is 0 Å². The van der Waals surface area contributed by atoms with Crippen LogP contribution in [0, 0.1) is 6.92 Å². The van der Waals surface area contributed by atoms with Crippen LogP contribution in [-0.4, -0.2) is 24.9 Å². The Morgan fingerprint density at radius 3 is 2.48 bits per heavy atom. The quantitative estimate of drug-likeness (QED) is 0.703. The summed E-state index contributed by atoms with van der Waals surface area (Å²) >= 11 is 6.04. The van der Waals surface area contributed by atoms with Gasteiger partial charge in [0.1, 0.15) is 0 Å². The molecule has 0 aliphatic heterocycles. The molecule has 2 rings (SSSR count). The molecule has 25 heavy (non-hydrogen) atoms. The highest BCUT2D eigenvalue weighted by molar-refractivity contribution is 6.31. The number of amides is 2. The van der Waals surface area contributed by atoms with Gasteiger partial charge in [0.05, 0.1) is 6.54 Å². The molecule has 0 aromatic heterocycles. The second-order valence-electron chi connectivity index (χ2n) is 5.65. The van der Waals surface area contributed by atoms with E-state index in [-0.39, 0.29) is 18.4 Å². The van der Waals surface area contributed by atoms with Crippen molar-refractivity contribution < 1.29 is 9.59 Å². The molecule has 0 heterocycles. The third-order valence-corrected chi connectivity index (χ3v) is 4.09. The van der Waals surface area contributed by atoms with Gasteiger partial charge in [0, 0.05) is 28.5 Å². The van der Waals surface area contributed by atoms with Gasteiger partial charge in [0.2, 0.25) is 5.91 Å². The number of hydrogen-bond donors (Lipinski definition) is 3. The van der Waals surface area contributed by atoms with E-state index in [1.807, 2.05) is 19.9 Å². The monoisotopic (exact) mass is 359 g/mol. The molecule has 0 saturated heterocycles. The molecule has 0 aliphatic carbocycles. The Morgan fingerprint density at radius 2 is 1.80 bits per heavy atom. The van der Waals surface area contributed by atoms with Crippen LogP contribution in [0.1, 0.15) is 29.3 Å². The minimum absolute atomic E-state index is 0.0948. The molecule has 0 saturated carbocycles. The number of carbonyl (C=O) groups excluding carboxylic acids is 2. The van der Waals surface area contributed by atoms with Crippen molar-refractivity contribution in [3.8, 4) is 0 Å². The van der Waals surface area contributed by atoms with Gasteiger partial charge in [-0.15, -0.1) is 0 Å². The maximum Gasteiger partial charge on any atom is 0.251 e. The third-order valence-electron chi connectivity index (χ3n) is 3.68. The number of benzene rings is 2. The van der Waals surface area contributed by atoms with Gasteiger partial charge >= 0.3 is 0 Å². The van der Waals surface area contributed by atoms with Crippen molar-refractivity contribution in [2.45, 2.75) is 20.3 Å². The summed E-state index contributed by atoms with van der Waals surface area (Å²) in [7, 11) is 0. The molecule has 2 aromatic carbocycles. The zero-order chi connectivity index (χ0) is 18.2. The first-order chi connectivity index (χ1) is 12.0. The fraction of sp³-hybridized carbons (Fsp3) is 0.263. The number of carbonyl (C=O) groups is 2. The molecule has 2 aromatic rings. The van der Waals surface area contributed by atoms with E-state index < -0.39 is 0 Å². The fourth-order valence-corrected chi connectivity index (χ4v) is 2.37. The van der Waals surface area contributed by atoms with Crippen LogP contribution in [-0.2, 0) is 4.79 Å². The van der Waals surface area contributed by atoms with Crippen LogP contribution in [0.2, 0.25) is 5.02 Å². The van der Waals surface area contributed by atoms with Crippen molar-refractivity contribution in [2.24, 2.45) is 0 Å². The number of anilines is 2. The van der Waals surface area contributed by atoms with E-state index in [1.54, 1.807) is 36.4 Å². The summed E-state index contributed by atoms with van der Waals surface area (Å²) < 4.78 is 0. The molecule has 2 amide bonds. The Kier molecular flexibility index (Phi) is 6.83. The first-order valence-electron chi connectivity index (χ1n) is 8.18. The second-order valence-corrected chi connectivity index (χ2v) is 6.05. The molecule has 0 spiro atoms. The molecular formula is C19H22ClN3O2. The van der Waals surface area contributed by atoms with Gasteiger partial charge in [-0.2, -0.15) is 0 Å². The Bertz CT molecular complexity index is 745. The van der Waals surface area contributed by atoms with E-state index in [1.165, 1.54) is 0 Å². The van der Waals surface area contributed by atoms with Crippen LogP contribution in [0.4, 0.5) is 11.4 Å². The molecule has 0 atom stereocenters. The summed E-state index contributed by atoms with van der Waals surface area (Å²) in [6.07, 6.45) is 0.895. The van der Waals surface area contributed by atoms with Crippen LogP contribution in [0.5, 0.6) is 0 Å². The average Bonchev–Trinajstić information content (AvgIpc) is 2.62. The highest BCUT2D eigenvalue weighted by atomic mass is 35.5. The zero-order valence-corrected chi connectivity index (χ0v) is 15.1. The molecule has 0 aliphatic rings. The minimum Gasteiger partial charge on any atom is -0.376 e. The van der Waals surface area contributed by atoms with E-state index >= 15 is 0 Å². The molecule has 6 heteroatoms. The van der Waals surface area contributed by atoms with Crippen molar-refractivity contribution in [2.75, 3.05) is 23.7 Å². The lowest BCUT2D eigenvalue weighted by atomic mass is 10.2. The predicted molar refractivity (Wildman–Crippen MR) is 102 cm³/mol. The number of hydrogen-bond acceptors (Lipinski definition) is 3. The molecule has 0 fully saturated rings. The summed E-state index contributed by atoms with van der Waals surface area (Å²) in [4.78, 5) is 23.9. The largest absolute Gasteiger partial charge is 0.376 e. The van der Waals surface area contributed by atoms with Gasteiger partial charge in [-0.25, -0.2) is 0 Å². The topological polar surface area (TPSA) is 70.2 Å². The second kappa shape index (κ2) is 9.08. The first-order valence-corrected chi connectivity index (χ1v) is 8.56. The molecule has 0 bridgehead atoms. The van der Waals surface area contributed by atoms with Gasteiger partial charge in [0.15, 0.2) is 0 Å². The van der Waals surface area contributed by atoms with Gasteiger partial charge in [-0.3, -0.25) is 9.59 Å². The highest BCUT2D eigenvalue weighted by Crippen LogP contribution is 2.22. The number of halogens is 1. The van der Waals surface area contributed by atoms with Gasteiger partial charge in [-0.1, -0.05) is 24.6 Å². The maximum absolute atomic E-state index is 12.1. The highest BCUT2D eigenvalue weighted by Gasteiger charge is 2.07. The zero-order valence-electron chi connectivity index (χ0n) is 14.4. The fourth-order valence-electron chi connectivity index (χ4n) is 2.20. The predicted octanol–water partition coefficient (Wildman–Crippen LogP) is 3.84. The Hall–Kier alpha value is -2.53. The molecule has 0 unspecified atom stereocenters. The first kappa shape index (κ1) is 18.8. The Morgan fingerprint density at radius 1 is 1.08 bits per heavy atom. The van der Waals surface area contributed by atoms with E-state index in [0.29, 0.717) is 22.8 Å². The van der Waals surface area contributed by atoms with Crippen LogP contribution in [0.15, 0.2) is 42.5 Å². The van der Waals surface area contributed by atoms with Gasteiger partial charge < -0.3 is 16.0 Å². The summed E-state index contributed by atoms with van der Waals surface area (Å²) in [6.45, 7) is 4.63. The molecule has 0 radical (unpaired) electrons. The standard InChI is InChI=1S/C19H22ClN3O2/c1-3-11-21-19(25)14-7-9-15(10-8-14)22-12-18(24)23-17-6-4-5-16(20)13(17)2/h4-10,22H,3,11-12H2,1-2H3,(H,21,25)(H,23,24). The van der Waals surface area contributed by atoms with E-state index in [2.05, 4.69) is 16.0 Å². The van der Waals surface area contributed by atoms with Crippen LogP contribution < -0.4 is 16.0 Å². The summed E-state index contributed by atoms with van der Waals surface area (Å²) in [5.74, 6) is -0.266. The lowest BCUT2D eigenvalue weighted by Gasteiger charge is -2.11. The third kappa shape index (κ3) is 5.50. The molecular weight excluding hydrogens is 338 g/mol. The minimum atomic E-state index is -0.171. The SMILES string of the molecule is CCCNC(=O)c1ccc(NCC(=O)Nc2cccc(Cl)c2C)cc1. The van der Waals surface area contributed by atoms with Crippen LogP contribution >= 0.6 is 11.6 Å². The van der Waals surface area contributed by atoms with E-state index in [4.69, 9.17) is 11.6 Å². The van der Waals surface area contributed by atoms with E-state index in [0.717, 1.165) is 17.7 Å². The van der Waals surface area contributed by atoms with Crippen molar-refractivity contribution >= 4 is 34.8 Å². The van der Waals surface area contributed by atoms with Crippen molar-refractivity contribution in [3.05, 3.63) is 58.6 Å².